The van der Waals surface area contributed by atoms with E-state index in [4.69, 9.17) is 23.2 Å². The van der Waals surface area contributed by atoms with Crippen LogP contribution in [0.5, 0.6) is 0 Å². The third kappa shape index (κ3) is 6.01. The van der Waals surface area contributed by atoms with Crippen LogP contribution >= 0.6 is 23.2 Å². The minimum Gasteiger partial charge on any atom is -0.390 e. The van der Waals surface area contributed by atoms with E-state index in [9.17, 15) is 18.3 Å². The lowest BCUT2D eigenvalue weighted by Gasteiger charge is -2.34. The van der Waals surface area contributed by atoms with Crippen LogP contribution < -0.4 is 0 Å². The van der Waals surface area contributed by atoms with E-state index in [1.807, 2.05) is 26.0 Å². The van der Waals surface area contributed by atoms with Crippen molar-refractivity contribution in [1.29, 1.82) is 0 Å². The van der Waals surface area contributed by atoms with E-state index in [0.29, 0.717) is 51.4 Å². The molecule has 1 saturated heterocycles. The molecule has 0 spiro atoms. The smallest absolute Gasteiger partial charge is 0.390 e. The van der Waals surface area contributed by atoms with Crippen LogP contribution in [0, 0.1) is 12.8 Å². The summed E-state index contributed by atoms with van der Waals surface area (Å²) >= 11 is 13.4. The largest absolute Gasteiger partial charge is 0.416 e. The first kappa shape index (κ1) is 27.2. The van der Waals surface area contributed by atoms with Crippen LogP contribution in [-0.4, -0.2) is 38.2 Å². The number of imidazole rings is 1. The van der Waals surface area contributed by atoms with Crippen LogP contribution in [0.25, 0.3) is 11.0 Å². The van der Waals surface area contributed by atoms with E-state index in [1.165, 1.54) is 0 Å². The lowest BCUT2D eigenvalue weighted by atomic mass is 9.86. The summed E-state index contributed by atoms with van der Waals surface area (Å²) < 4.78 is 41.7. The Balaban J connectivity index is 1.55. The number of rotatable bonds is 6. The highest BCUT2D eigenvalue weighted by atomic mass is 35.5. The summed E-state index contributed by atoms with van der Waals surface area (Å²) in [6.07, 6.45) is -1.25. The third-order valence-electron chi connectivity index (χ3n) is 7.09. The second-order valence-electron chi connectivity index (χ2n) is 10.7. The second kappa shape index (κ2) is 10.2. The van der Waals surface area contributed by atoms with Gasteiger partial charge in [-0.15, -0.1) is 0 Å². The molecular formula is C27H32Cl2F3N3O. The van der Waals surface area contributed by atoms with Gasteiger partial charge in [-0.1, -0.05) is 29.3 Å². The van der Waals surface area contributed by atoms with Crippen LogP contribution in [0.1, 0.15) is 61.2 Å². The lowest BCUT2D eigenvalue weighted by molar-refractivity contribution is -0.137. The maximum absolute atomic E-state index is 13.3. The number of alkyl halides is 3. The van der Waals surface area contributed by atoms with Crippen molar-refractivity contribution in [2.45, 2.75) is 64.8 Å². The van der Waals surface area contributed by atoms with Crippen molar-refractivity contribution in [3.63, 3.8) is 0 Å². The van der Waals surface area contributed by atoms with E-state index in [0.717, 1.165) is 55.6 Å². The molecule has 1 N–H and O–H groups in total. The number of aliphatic hydroxyl groups is 1. The van der Waals surface area contributed by atoms with Crippen molar-refractivity contribution >= 4 is 34.2 Å². The predicted molar refractivity (Wildman–Crippen MR) is 139 cm³/mol. The minimum atomic E-state index is -4.42. The summed E-state index contributed by atoms with van der Waals surface area (Å²) in [4.78, 5) is 7.00. The van der Waals surface area contributed by atoms with Crippen molar-refractivity contribution in [2.75, 3.05) is 13.1 Å². The van der Waals surface area contributed by atoms with Crippen LogP contribution in [0.2, 0.25) is 10.0 Å². The van der Waals surface area contributed by atoms with Gasteiger partial charge in [-0.2, -0.15) is 13.2 Å². The van der Waals surface area contributed by atoms with E-state index >= 15 is 0 Å². The molecule has 36 heavy (non-hydrogen) atoms. The standard InChI is InChI=1S/C27H32Cl2F3N3O/c1-16-11-19(27(30,31)32)12-22-25(16)33-23(34(22)4)13-20-21(28)6-5-18(24(20)29)15-35-9-7-17(8-10-35)14-26(2,3)36/h5-6,11-12,17,36H,7-10,13-15H2,1-4H3. The Hall–Kier alpha value is -1.80. The maximum Gasteiger partial charge on any atom is 0.416 e. The zero-order valence-corrected chi connectivity index (χ0v) is 22.5. The number of fused-ring (bicyclic) bond motifs is 1. The molecule has 9 heteroatoms. The SMILES string of the molecule is Cc1cc(C(F)(F)F)cc2c1nc(Cc1c(Cl)ccc(CN3CCC(CC(C)(C)O)CC3)c1Cl)n2C. The molecule has 0 bridgehead atoms. The number of piperidine rings is 1. The fourth-order valence-electron chi connectivity index (χ4n) is 5.21. The number of halogens is 5. The van der Waals surface area contributed by atoms with Crippen LogP contribution in [-0.2, 0) is 26.2 Å². The molecule has 2 heterocycles. The molecule has 1 aliphatic rings. The van der Waals surface area contributed by atoms with Crippen molar-refractivity contribution in [3.8, 4) is 0 Å². The van der Waals surface area contributed by atoms with E-state index in [2.05, 4.69) is 9.88 Å². The van der Waals surface area contributed by atoms with Crippen molar-refractivity contribution in [3.05, 3.63) is 62.4 Å². The average Bonchev–Trinajstić information content (AvgIpc) is 3.09. The Morgan fingerprint density at radius 3 is 2.39 bits per heavy atom. The Morgan fingerprint density at radius 2 is 1.78 bits per heavy atom. The van der Waals surface area contributed by atoms with Gasteiger partial charge in [-0.05, 0) is 93.9 Å². The Kier molecular flexibility index (Phi) is 7.69. The molecule has 4 nitrogen and oxygen atoms in total. The normalized spacial score (nSPS) is 16.3. The minimum absolute atomic E-state index is 0.311. The van der Waals surface area contributed by atoms with Crippen molar-refractivity contribution < 1.29 is 18.3 Å². The molecule has 196 valence electrons. The van der Waals surface area contributed by atoms with Gasteiger partial charge in [0.05, 0.1) is 27.2 Å². The first-order chi connectivity index (χ1) is 16.7. The second-order valence-corrected chi connectivity index (χ2v) is 11.4. The number of aryl methyl sites for hydroxylation is 2. The molecule has 0 aliphatic carbocycles. The molecule has 1 aliphatic heterocycles. The first-order valence-corrected chi connectivity index (χ1v) is 12.9. The van der Waals surface area contributed by atoms with Gasteiger partial charge in [0, 0.05) is 25.0 Å². The molecule has 0 radical (unpaired) electrons. The molecule has 0 atom stereocenters. The van der Waals surface area contributed by atoms with E-state index in [1.54, 1.807) is 18.5 Å². The Bertz CT molecular complexity index is 1260. The zero-order chi connectivity index (χ0) is 26.4. The zero-order valence-electron chi connectivity index (χ0n) is 21.0. The number of nitrogens with zero attached hydrogens (tertiary/aromatic N) is 3. The molecular weight excluding hydrogens is 510 g/mol. The highest BCUT2D eigenvalue weighted by Crippen LogP contribution is 2.36. The maximum atomic E-state index is 13.3. The number of hydrogen-bond donors (Lipinski definition) is 1. The van der Waals surface area contributed by atoms with E-state index < -0.39 is 17.3 Å². The third-order valence-corrected chi connectivity index (χ3v) is 7.91. The van der Waals surface area contributed by atoms with Gasteiger partial charge >= 0.3 is 6.18 Å². The number of aromatic nitrogens is 2. The van der Waals surface area contributed by atoms with Gasteiger partial charge in [0.2, 0.25) is 0 Å². The van der Waals surface area contributed by atoms with Crippen molar-refractivity contribution in [1.82, 2.24) is 14.5 Å². The van der Waals surface area contributed by atoms with Gasteiger partial charge in [0.1, 0.15) is 5.82 Å². The molecule has 4 rings (SSSR count). The summed E-state index contributed by atoms with van der Waals surface area (Å²) in [6.45, 7) is 7.90. The lowest BCUT2D eigenvalue weighted by Crippen LogP contribution is -2.36. The van der Waals surface area contributed by atoms with Gasteiger partial charge in [-0.3, -0.25) is 4.90 Å². The number of benzene rings is 2. The topological polar surface area (TPSA) is 41.3 Å². The quantitative estimate of drug-likeness (QED) is 0.359. The number of likely N-dealkylation sites (tertiary alicyclic amines) is 1. The Labute approximate surface area is 220 Å². The molecule has 0 unspecified atom stereocenters. The van der Waals surface area contributed by atoms with Gasteiger partial charge < -0.3 is 9.67 Å². The first-order valence-electron chi connectivity index (χ1n) is 12.2. The average molecular weight is 542 g/mol. The molecule has 0 amide bonds. The van der Waals surface area contributed by atoms with E-state index in [-0.39, 0.29) is 0 Å². The molecule has 1 fully saturated rings. The fourth-order valence-corrected chi connectivity index (χ4v) is 5.78. The summed E-state index contributed by atoms with van der Waals surface area (Å²) in [5.41, 5.74) is 1.79. The Morgan fingerprint density at radius 1 is 1.11 bits per heavy atom. The summed E-state index contributed by atoms with van der Waals surface area (Å²) in [6, 6.07) is 6.03. The highest BCUT2D eigenvalue weighted by Gasteiger charge is 2.32. The molecule has 0 saturated carbocycles. The summed E-state index contributed by atoms with van der Waals surface area (Å²) in [5, 5.41) is 11.2. The molecule has 1 aromatic heterocycles. The van der Waals surface area contributed by atoms with Crippen molar-refractivity contribution in [2.24, 2.45) is 13.0 Å². The molecule has 2 aromatic carbocycles. The van der Waals surface area contributed by atoms with Gasteiger partial charge in [0.15, 0.2) is 0 Å². The fraction of sp³-hybridized carbons (Fsp3) is 0.519. The molecule has 3 aromatic rings. The van der Waals surface area contributed by atoms with Crippen LogP contribution in [0.3, 0.4) is 0 Å². The van der Waals surface area contributed by atoms with Crippen LogP contribution in [0.15, 0.2) is 24.3 Å². The van der Waals surface area contributed by atoms with Gasteiger partial charge in [0.25, 0.3) is 0 Å². The summed E-state index contributed by atoms with van der Waals surface area (Å²) in [7, 11) is 1.72. The van der Waals surface area contributed by atoms with Gasteiger partial charge in [-0.25, -0.2) is 4.98 Å². The number of hydrogen-bond acceptors (Lipinski definition) is 3. The van der Waals surface area contributed by atoms with Crippen LogP contribution in [0.4, 0.5) is 13.2 Å². The summed E-state index contributed by atoms with van der Waals surface area (Å²) in [5.74, 6) is 1.11. The monoisotopic (exact) mass is 541 g/mol. The predicted octanol–water partition coefficient (Wildman–Crippen LogP) is 7.17. The highest BCUT2D eigenvalue weighted by molar-refractivity contribution is 6.36.